The predicted molar refractivity (Wildman–Crippen MR) is 153 cm³/mol. The van der Waals surface area contributed by atoms with Crippen molar-refractivity contribution in [3.63, 3.8) is 0 Å². The van der Waals surface area contributed by atoms with E-state index in [1.54, 1.807) is 17.9 Å². The lowest BCUT2D eigenvalue weighted by molar-refractivity contribution is 0.122. The summed E-state index contributed by atoms with van der Waals surface area (Å²) in [4.78, 5) is 17.3. The first kappa shape index (κ1) is 26.0. The average molecular weight is 542 g/mol. The first-order chi connectivity index (χ1) is 19.5. The molecule has 2 N–H and O–H groups in total. The smallest absolute Gasteiger partial charge is 0.223 e. The van der Waals surface area contributed by atoms with Crippen molar-refractivity contribution >= 4 is 16.9 Å². The molecule has 206 valence electrons. The highest BCUT2D eigenvalue weighted by Gasteiger charge is 2.21. The van der Waals surface area contributed by atoms with Crippen molar-refractivity contribution in [3.05, 3.63) is 78.6 Å². The molecule has 0 amide bonds. The predicted octanol–water partition coefficient (Wildman–Crippen LogP) is 4.19. The number of aliphatic hydroxyl groups excluding tert-OH is 1. The van der Waals surface area contributed by atoms with E-state index in [9.17, 15) is 9.50 Å². The number of methoxy groups -OCH3 is 1. The lowest BCUT2D eigenvalue weighted by Crippen LogP contribution is -2.48. The van der Waals surface area contributed by atoms with Crippen molar-refractivity contribution in [2.45, 2.75) is 19.6 Å². The molecular weight excluding hydrogens is 509 g/mol. The van der Waals surface area contributed by atoms with Crippen LogP contribution in [0.4, 0.5) is 10.2 Å². The maximum absolute atomic E-state index is 13.6. The molecule has 0 aliphatic carbocycles. The molecule has 10 heteroatoms. The lowest BCUT2D eigenvalue weighted by atomic mass is 10.0. The Bertz CT molecular complexity index is 1620. The maximum atomic E-state index is 13.6. The number of aromatic nitrogens is 5. The minimum Gasteiger partial charge on any atom is -0.480 e. The van der Waals surface area contributed by atoms with E-state index in [1.165, 1.54) is 12.1 Å². The van der Waals surface area contributed by atoms with Gasteiger partial charge in [-0.3, -0.25) is 9.58 Å². The number of aromatic amines is 1. The third-order valence-electron chi connectivity index (χ3n) is 7.28. The van der Waals surface area contributed by atoms with Crippen molar-refractivity contribution in [1.29, 1.82) is 0 Å². The van der Waals surface area contributed by atoms with Gasteiger partial charge in [-0.05, 0) is 42.8 Å². The highest BCUT2D eigenvalue weighted by Crippen LogP contribution is 2.35. The largest absolute Gasteiger partial charge is 0.480 e. The van der Waals surface area contributed by atoms with Crippen LogP contribution in [-0.2, 0) is 6.54 Å². The topological polar surface area (TPSA) is 95.3 Å². The summed E-state index contributed by atoms with van der Waals surface area (Å²) in [6, 6.07) is 12.7. The van der Waals surface area contributed by atoms with Crippen molar-refractivity contribution in [1.82, 2.24) is 29.6 Å². The monoisotopic (exact) mass is 541 g/mol. The third-order valence-corrected chi connectivity index (χ3v) is 7.28. The van der Waals surface area contributed by atoms with Gasteiger partial charge < -0.3 is 19.7 Å². The Morgan fingerprint density at radius 3 is 2.67 bits per heavy atom. The van der Waals surface area contributed by atoms with Crippen LogP contribution in [0.25, 0.3) is 33.3 Å². The minimum atomic E-state index is -0.327. The van der Waals surface area contributed by atoms with Crippen LogP contribution in [0.1, 0.15) is 12.5 Å². The molecule has 1 saturated heterocycles. The highest BCUT2D eigenvalue weighted by atomic mass is 19.1. The zero-order valence-electron chi connectivity index (χ0n) is 22.6. The third kappa shape index (κ3) is 5.41. The molecule has 0 bridgehead atoms. The van der Waals surface area contributed by atoms with Crippen LogP contribution >= 0.6 is 0 Å². The van der Waals surface area contributed by atoms with Crippen molar-refractivity contribution < 1.29 is 14.2 Å². The van der Waals surface area contributed by atoms with E-state index in [0.29, 0.717) is 19.0 Å². The second kappa shape index (κ2) is 11.1. The normalized spacial score (nSPS) is 15.1. The number of nitrogens with zero attached hydrogens (tertiary/aromatic N) is 6. The van der Waals surface area contributed by atoms with Gasteiger partial charge in [0.25, 0.3) is 0 Å². The number of halogens is 1. The van der Waals surface area contributed by atoms with Crippen LogP contribution in [-0.4, -0.2) is 80.7 Å². The Morgan fingerprint density at radius 1 is 1.05 bits per heavy atom. The molecule has 0 saturated carbocycles. The summed E-state index contributed by atoms with van der Waals surface area (Å²) < 4.78 is 21.1. The lowest BCUT2D eigenvalue weighted by Gasteiger charge is -2.36. The second-order valence-electron chi connectivity index (χ2n) is 10.2. The van der Waals surface area contributed by atoms with E-state index in [4.69, 9.17) is 9.72 Å². The van der Waals surface area contributed by atoms with Gasteiger partial charge in [-0.25, -0.2) is 9.37 Å². The van der Waals surface area contributed by atoms with E-state index in [2.05, 4.69) is 30.9 Å². The molecule has 0 spiro atoms. The number of hydrogen-bond acceptors (Lipinski definition) is 7. The fourth-order valence-corrected chi connectivity index (χ4v) is 5.32. The van der Waals surface area contributed by atoms with Crippen LogP contribution in [0.2, 0.25) is 0 Å². The van der Waals surface area contributed by atoms with Crippen molar-refractivity contribution in [3.8, 4) is 28.1 Å². The highest BCUT2D eigenvalue weighted by molar-refractivity contribution is 5.95. The number of β-amino-alcohol motifs (C(OH)–C–C–N with tert-alkyl or cyclic N) is 1. The fourth-order valence-electron chi connectivity index (χ4n) is 5.32. The average Bonchev–Trinajstić information content (AvgIpc) is 3.59. The van der Waals surface area contributed by atoms with E-state index in [-0.39, 0.29) is 11.9 Å². The Kier molecular flexibility index (Phi) is 7.19. The van der Waals surface area contributed by atoms with E-state index >= 15 is 0 Å². The van der Waals surface area contributed by atoms with Crippen LogP contribution in [0.15, 0.2) is 67.3 Å². The number of benzene rings is 1. The van der Waals surface area contributed by atoms with Crippen molar-refractivity contribution in [2.75, 3.05) is 44.7 Å². The molecule has 1 aliphatic heterocycles. The van der Waals surface area contributed by atoms with Crippen LogP contribution in [0.3, 0.4) is 0 Å². The van der Waals surface area contributed by atoms with Gasteiger partial charge >= 0.3 is 0 Å². The van der Waals surface area contributed by atoms with Gasteiger partial charge in [-0.1, -0.05) is 12.1 Å². The molecule has 4 aromatic heterocycles. The Labute approximate surface area is 231 Å². The first-order valence-corrected chi connectivity index (χ1v) is 13.4. The number of aliphatic hydroxyl groups is 1. The molecule has 1 unspecified atom stereocenters. The maximum Gasteiger partial charge on any atom is 0.223 e. The van der Waals surface area contributed by atoms with Gasteiger partial charge in [0.2, 0.25) is 5.88 Å². The molecule has 1 atom stereocenters. The van der Waals surface area contributed by atoms with Gasteiger partial charge in [0.05, 0.1) is 26.0 Å². The van der Waals surface area contributed by atoms with Gasteiger partial charge in [-0.2, -0.15) is 10.1 Å². The van der Waals surface area contributed by atoms with E-state index in [1.807, 2.05) is 49.9 Å². The SMILES string of the molecule is COc1nc(N2CCN(CC(C)O)CC2)ccc1-c1cnc2[nH]cc(-c3cnn(Cc4cccc(F)c4)c3)c2c1. The molecule has 9 nitrogen and oxygen atoms in total. The van der Waals surface area contributed by atoms with Crippen LogP contribution < -0.4 is 9.64 Å². The van der Waals surface area contributed by atoms with Crippen LogP contribution in [0.5, 0.6) is 5.88 Å². The number of hydrogen-bond donors (Lipinski definition) is 2. The summed E-state index contributed by atoms with van der Waals surface area (Å²) in [6.07, 6.45) is 7.20. The molecule has 1 fully saturated rings. The second-order valence-corrected chi connectivity index (χ2v) is 10.2. The van der Waals surface area contributed by atoms with Gasteiger partial charge in [-0.15, -0.1) is 0 Å². The minimum absolute atomic E-state index is 0.256. The number of H-pyrrole nitrogens is 1. The number of rotatable bonds is 8. The van der Waals surface area contributed by atoms with Gasteiger partial charge in [0, 0.05) is 79.0 Å². The summed E-state index contributed by atoms with van der Waals surface area (Å²) in [6.45, 7) is 6.44. The Morgan fingerprint density at radius 2 is 1.90 bits per heavy atom. The summed E-state index contributed by atoms with van der Waals surface area (Å²) >= 11 is 0. The zero-order chi connectivity index (χ0) is 27.6. The zero-order valence-corrected chi connectivity index (χ0v) is 22.6. The quantitative estimate of drug-likeness (QED) is 0.304. The van der Waals surface area contributed by atoms with Crippen molar-refractivity contribution in [2.24, 2.45) is 0 Å². The summed E-state index contributed by atoms with van der Waals surface area (Å²) in [5.41, 5.74) is 5.31. The molecule has 6 rings (SSSR count). The summed E-state index contributed by atoms with van der Waals surface area (Å²) in [5, 5.41) is 15.1. The van der Waals surface area contributed by atoms with Crippen LogP contribution in [0, 0.1) is 5.82 Å². The number of piperazine rings is 1. The number of fused-ring (bicyclic) bond motifs is 1. The van der Waals surface area contributed by atoms with Gasteiger partial charge in [0.1, 0.15) is 17.3 Å². The molecule has 5 heterocycles. The molecule has 1 aliphatic rings. The number of pyridine rings is 2. The fraction of sp³-hybridized carbons (Fsp3) is 0.300. The molecule has 40 heavy (non-hydrogen) atoms. The summed E-state index contributed by atoms with van der Waals surface area (Å²) in [7, 11) is 1.64. The molecule has 1 aromatic carbocycles. The number of nitrogens with one attached hydrogen (secondary N) is 1. The molecular formula is C30H32FN7O2. The van der Waals surface area contributed by atoms with E-state index < -0.39 is 0 Å². The number of ether oxygens (including phenoxy) is 1. The first-order valence-electron chi connectivity index (χ1n) is 13.4. The van der Waals surface area contributed by atoms with Gasteiger partial charge in [0.15, 0.2) is 0 Å². The Hall–Kier alpha value is -4.28. The summed E-state index contributed by atoms with van der Waals surface area (Å²) in [5.74, 6) is 1.16. The van der Waals surface area contributed by atoms with E-state index in [0.717, 1.165) is 70.8 Å². The standard InChI is InChI=1S/C30H32FN7O2/c1-20(39)17-36-8-10-37(11-9-36)28-7-6-25(30(35-28)40-2)22-13-26-27(16-33-29(26)32-14-22)23-15-34-38(19-23)18-21-4-3-5-24(31)12-21/h3-7,12-16,19-20,39H,8-11,17-18H2,1-2H3,(H,32,33). The number of anilines is 1. The molecule has 0 radical (unpaired) electrons. The molecule has 5 aromatic rings. The Balaban J connectivity index is 1.24.